The highest BCUT2D eigenvalue weighted by Gasteiger charge is 2.52. The largest absolute Gasteiger partial charge is 0.457 e. The topological polar surface area (TPSA) is 12.5 Å². The van der Waals surface area contributed by atoms with Crippen LogP contribution >= 0.6 is 23.1 Å². The van der Waals surface area contributed by atoms with Gasteiger partial charge in [0.2, 0.25) is 0 Å². The van der Waals surface area contributed by atoms with E-state index in [4.69, 9.17) is 4.74 Å². The lowest BCUT2D eigenvalue weighted by Gasteiger charge is -2.40. The molecular weight excluding hydrogens is 839 g/mol. The van der Waals surface area contributed by atoms with E-state index >= 15 is 0 Å². The van der Waals surface area contributed by atoms with Crippen LogP contribution in [0.15, 0.2) is 234 Å². The molecule has 2 aliphatic heterocycles. The molecule has 3 heterocycles. The molecule has 15 rings (SSSR count). The van der Waals surface area contributed by atoms with Crippen LogP contribution in [0.25, 0.3) is 42.4 Å². The quantitative estimate of drug-likeness (QED) is 0.175. The van der Waals surface area contributed by atoms with Crippen molar-refractivity contribution in [3.05, 3.63) is 269 Å². The molecule has 66 heavy (non-hydrogen) atoms. The summed E-state index contributed by atoms with van der Waals surface area (Å²) < 4.78 is 9.25. The lowest BCUT2D eigenvalue weighted by atomic mass is 9.66. The van der Waals surface area contributed by atoms with Crippen molar-refractivity contribution in [3.63, 3.8) is 0 Å². The Hall–Kier alpha value is -7.63. The van der Waals surface area contributed by atoms with Crippen molar-refractivity contribution in [1.29, 1.82) is 0 Å². The number of benzene rings is 10. The predicted octanol–water partition coefficient (Wildman–Crippen LogP) is 16.8. The molecule has 0 saturated carbocycles. The second-order valence-corrected chi connectivity index (χ2v) is 20.0. The van der Waals surface area contributed by atoms with E-state index in [1.54, 1.807) is 0 Å². The Morgan fingerprint density at radius 3 is 1.56 bits per heavy atom. The van der Waals surface area contributed by atoms with Crippen molar-refractivity contribution in [2.75, 3.05) is 4.90 Å². The van der Waals surface area contributed by atoms with Crippen LogP contribution in [-0.2, 0) is 10.8 Å². The summed E-state index contributed by atoms with van der Waals surface area (Å²) in [6, 6.07) is 83.9. The molecule has 4 aliphatic rings. The summed E-state index contributed by atoms with van der Waals surface area (Å²) in [5, 5.41) is 2.54. The maximum Gasteiger partial charge on any atom is 0.132 e. The summed E-state index contributed by atoms with van der Waals surface area (Å²) in [5.41, 5.74) is 17.6. The van der Waals surface area contributed by atoms with Crippen LogP contribution in [0.4, 0.5) is 17.1 Å². The van der Waals surface area contributed by atoms with E-state index in [1.807, 2.05) is 23.1 Å². The molecule has 0 radical (unpaired) electrons. The van der Waals surface area contributed by atoms with Gasteiger partial charge in [-0.25, -0.2) is 0 Å². The van der Waals surface area contributed by atoms with Gasteiger partial charge >= 0.3 is 0 Å². The van der Waals surface area contributed by atoms with Crippen LogP contribution in [0.1, 0.15) is 44.5 Å². The second-order valence-electron chi connectivity index (χ2n) is 17.8. The smallest absolute Gasteiger partial charge is 0.132 e. The van der Waals surface area contributed by atoms with E-state index in [9.17, 15) is 0 Å². The molecule has 0 fully saturated rings. The SMILES string of the molecule is c1ccc2c(c1)Oc1ccccc1C21c2ccccc2-c2cc(N(c3ccc4c(c3)C3(c5ccccc5Sc5ccccc53)c3ccccc3-4)c3cccc4sc5ccccc5c34)ccc21. The molecule has 0 atom stereocenters. The fourth-order valence-corrected chi connectivity index (χ4v) is 14.7. The first-order chi connectivity index (χ1) is 32.7. The Balaban J connectivity index is 1.03. The van der Waals surface area contributed by atoms with E-state index in [0.717, 1.165) is 28.6 Å². The van der Waals surface area contributed by atoms with Gasteiger partial charge in [-0.1, -0.05) is 169 Å². The van der Waals surface area contributed by atoms with Gasteiger partial charge in [-0.2, -0.15) is 0 Å². The van der Waals surface area contributed by atoms with Crippen molar-refractivity contribution in [2.24, 2.45) is 0 Å². The summed E-state index contributed by atoms with van der Waals surface area (Å²) >= 11 is 3.76. The Bertz CT molecular complexity index is 3790. The van der Waals surface area contributed by atoms with Gasteiger partial charge < -0.3 is 9.64 Å². The van der Waals surface area contributed by atoms with E-state index in [1.165, 1.54) is 96.7 Å². The van der Waals surface area contributed by atoms with Gasteiger partial charge in [0.25, 0.3) is 0 Å². The third-order valence-corrected chi connectivity index (χ3v) is 17.1. The summed E-state index contributed by atoms with van der Waals surface area (Å²) in [7, 11) is 0. The third-order valence-electron chi connectivity index (χ3n) is 14.8. The number of nitrogens with zero attached hydrogens (tertiary/aromatic N) is 1. The third kappa shape index (κ3) is 4.62. The standard InChI is InChI=1S/C62H37NOS2/c1-4-19-45-40(16-1)42-34-32-39(37-52(42)62(45)50-23-8-13-29-57(50)66-58-30-14-9-24-51(58)62)63(53-25-15-31-59-60(53)43-18-3-12-28-56(43)65-59)38-33-35-47-44(36-38)41-17-2-5-20-46(41)61(47)48-21-6-10-26-54(48)64-55-27-11-7-22-49(55)61/h1-37H. The zero-order valence-electron chi connectivity index (χ0n) is 35.5. The zero-order chi connectivity index (χ0) is 43.1. The number of hydrogen-bond donors (Lipinski definition) is 0. The lowest BCUT2D eigenvalue weighted by Crippen LogP contribution is -2.32. The fourth-order valence-electron chi connectivity index (χ4n) is 12.3. The highest BCUT2D eigenvalue weighted by Crippen LogP contribution is 2.65. The Kier molecular flexibility index (Phi) is 7.48. The molecule has 10 aromatic carbocycles. The van der Waals surface area contributed by atoms with E-state index in [2.05, 4.69) is 229 Å². The van der Waals surface area contributed by atoms with Gasteiger partial charge in [-0.05, 0) is 122 Å². The van der Waals surface area contributed by atoms with Crippen molar-refractivity contribution in [2.45, 2.75) is 20.6 Å². The van der Waals surface area contributed by atoms with E-state index in [0.29, 0.717) is 0 Å². The van der Waals surface area contributed by atoms with E-state index in [-0.39, 0.29) is 0 Å². The van der Waals surface area contributed by atoms with Gasteiger partial charge in [0.15, 0.2) is 0 Å². The minimum atomic E-state index is -0.546. The van der Waals surface area contributed by atoms with Gasteiger partial charge in [-0.15, -0.1) is 11.3 Å². The second kappa shape index (κ2) is 13.5. The predicted molar refractivity (Wildman–Crippen MR) is 273 cm³/mol. The Labute approximate surface area is 391 Å². The lowest BCUT2D eigenvalue weighted by molar-refractivity contribution is 0.436. The maximum atomic E-state index is 6.68. The van der Waals surface area contributed by atoms with Crippen LogP contribution in [0, 0.1) is 0 Å². The highest BCUT2D eigenvalue weighted by molar-refractivity contribution is 7.99. The molecule has 11 aromatic rings. The first-order valence-electron chi connectivity index (χ1n) is 22.7. The van der Waals surface area contributed by atoms with Crippen LogP contribution < -0.4 is 9.64 Å². The summed E-state index contributed by atoms with van der Waals surface area (Å²) in [4.78, 5) is 5.16. The molecule has 0 unspecified atom stereocenters. The molecule has 0 amide bonds. The van der Waals surface area contributed by atoms with Crippen LogP contribution in [-0.4, -0.2) is 0 Å². The molecule has 2 spiro atoms. The molecule has 2 nitrogen and oxygen atoms in total. The van der Waals surface area contributed by atoms with Crippen LogP contribution in [0.2, 0.25) is 0 Å². The fraction of sp³-hybridized carbons (Fsp3) is 0.0323. The summed E-state index contributed by atoms with van der Waals surface area (Å²) in [6.45, 7) is 0. The maximum absolute atomic E-state index is 6.68. The number of para-hydroxylation sites is 2. The summed E-state index contributed by atoms with van der Waals surface area (Å²) in [5.74, 6) is 1.80. The molecule has 308 valence electrons. The number of anilines is 3. The van der Waals surface area contributed by atoms with Crippen LogP contribution in [0.3, 0.4) is 0 Å². The van der Waals surface area contributed by atoms with Crippen LogP contribution in [0.5, 0.6) is 11.5 Å². The number of rotatable bonds is 3. The first-order valence-corrected chi connectivity index (χ1v) is 24.3. The zero-order valence-corrected chi connectivity index (χ0v) is 37.2. The van der Waals surface area contributed by atoms with Gasteiger partial charge in [0, 0.05) is 52.5 Å². The van der Waals surface area contributed by atoms with Gasteiger partial charge in [0.05, 0.1) is 16.5 Å². The van der Waals surface area contributed by atoms with Crippen molar-refractivity contribution in [3.8, 4) is 33.8 Å². The van der Waals surface area contributed by atoms with Gasteiger partial charge in [-0.3, -0.25) is 0 Å². The van der Waals surface area contributed by atoms with E-state index < -0.39 is 10.8 Å². The van der Waals surface area contributed by atoms with Crippen molar-refractivity contribution in [1.82, 2.24) is 0 Å². The first kappa shape index (κ1) is 36.7. The summed E-state index contributed by atoms with van der Waals surface area (Å²) in [6.07, 6.45) is 0. The Morgan fingerprint density at radius 2 is 0.848 bits per heavy atom. The highest BCUT2D eigenvalue weighted by atomic mass is 32.2. The molecule has 4 heteroatoms. The normalized spacial score (nSPS) is 14.7. The number of thiophene rings is 1. The minimum Gasteiger partial charge on any atom is -0.457 e. The van der Waals surface area contributed by atoms with Crippen molar-refractivity contribution < 1.29 is 4.74 Å². The van der Waals surface area contributed by atoms with Gasteiger partial charge in [0.1, 0.15) is 11.5 Å². The molecule has 0 N–H and O–H groups in total. The minimum absolute atomic E-state index is 0.500. The number of fused-ring (bicyclic) bond motifs is 21. The van der Waals surface area contributed by atoms with Crippen molar-refractivity contribution >= 4 is 60.3 Å². The average molecular weight is 876 g/mol. The average Bonchev–Trinajstić information content (AvgIpc) is 4.00. The number of hydrogen-bond acceptors (Lipinski definition) is 4. The Morgan fingerprint density at radius 1 is 0.348 bits per heavy atom. The number of ether oxygens (including phenoxy) is 1. The molecular formula is C62H37NOS2. The monoisotopic (exact) mass is 875 g/mol. The molecule has 0 bridgehead atoms. The molecule has 2 aliphatic carbocycles. The molecule has 0 saturated heterocycles. The molecule has 1 aromatic heterocycles.